The molecule has 1 unspecified atom stereocenters. The van der Waals surface area contributed by atoms with E-state index in [1.165, 1.54) is 11.3 Å². The second-order valence-electron chi connectivity index (χ2n) is 7.32. The van der Waals surface area contributed by atoms with Crippen molar-refractivity contribution in [2.45, 2.75) is 33.1 Å². The summed E-state index contributed by atoms with van der Waals surface area (Å²) in [4.78, 5) is 43.9. The lowest BCUT2D eigenvalue weighted by Gasteiger charge is -2.17. The van der Waals surface area contributed by atoms with E-state index in [0.29, 0.717) is 29.5 Å². The summed E-state index contributed by atoms with van der Waals surface area (Å²) in [7, 11) is 0. The Hall–Kier alpha value is -2.74. The van der Waals surface area contributed by atoms with E-state index in [2.05, 4.69) is 15.6 Å². The lowest BCUT2D eigenvalue weighted by Crippen LogP contribution is -2.28. The first-order chi connectivity index (χ1) is 13.4. The summed E-state index contributed by atoms with van der Waals surface area (Å²) < 4.78 is 0. The summed E-state index contributed by atoms with van der Waals surface area (Å²) in [6.07, 6.45) is 1.71. The highest BCUT2D eigenvalue weighted by Crippen LogP contribution is 2.29. The topological polar surface area (TPSA) is 91.4 Å². The van der Waals surface area contributed by atoms with Gasteiger partial charge in [0.1, 0.15) is 4.88 Å². The number of benzene rings is 1. The highest BCUT2D eigenvalue weighted by molar-refractivity contribution is 7.17. The van der Waals surface area contributed by atoms with Crippen LogP contribution < -0.4 is 15.5 Å². The lowest BCUT2D eigenvalue weighted by molar-refractivity contribution is -0.122. The third-order valence-corrected chi connectivity index (χ3v) is 6.32. The number of nitrogens with zero attached hydrogens (tertiary/aromatic N) is 2. The Kier molecular flexibility index (Phi) is 4.89. The Balaban J connectivity index is 1.46. The predicted molar refractivity (Wildman–Crippen MR) is 108 cm³/mol. The molecular weight excluding hydrogens is 376 g/mol. The Bertz CT molecular complexity index is 968. The van der Waals surface area contributed by atoms with Gasteiger partial charge in [-0.1, -0.05) is 17.4 Å². The fourth-order valence-electron chi connectivity index (χ4n) is 3.52. The van der Waals surface area contributed by atoms with Gasteiger partial charge in [0.25, 0.3) is 5.91 Å². The maximum Gasteiger partial charge on any atom is 0.263 e. The summed E-state index contributed by atoms with van der Waals surface area (Å²) in [5, 5.41) is 6.05. The molecule has 4 rings (SSSR count). The van der Waals surface area contributed by atoms with Crippen molar-refractivity contribution in [1.29, 1.82) is 0 Å². The number of rotatable bonds is 3. The fourth-order valence-corrected chi connectivity index (χ4v) is 4.45. The van der Waals surface area contributed by atoms with Crippen molar-refractivity contribution in [3.8, 4) is 0 Å². The minimum absolute atomic E-state index is 0.0577. The van der Waals surface area contributed by atoms with E-state index in [9.17, 15) is 14.4 Å². The molecule has 0 bridgehead atoms. The van der Waals surface area contributed by atoms with E-state index >= 15 is 0 Å². The fraction of sp³-hybridized carbons (Fsp3) is 0.400. The molecule has 8 heteroatoms. The second kappa shape index (κ2) is 7.35. The van der Waals surface area contributed by atoms with Crippen molar-refractivity contribution in [2.75, 3.05) is 23.3 Å². The Morgan fingerprint density at radius 2 is 2.11 bits per heavy atom. The van der Waals surface area contributed by atoms with Crippen LogP contribution in [0.5, 0.6) is 0 Å². The molecule has 1 saturated heterocycles. The van der Waals surface area contributed by atoms with E-state index < -0.39 is 5.92 Å². The van der Waals surface area contributed by atoms with Crippen molar-refractivity contribution in [3.05, 3.63) is 39.9 Å². The number of carbonyl (C=O) groups excluding carboxylic acids is 3. The number of thiazole rings is 1. The van der Waals surface area contributed by atoms with Crippen LogP contribution in [0.1, 0.15) is 39.3 Å². The summed E-state index contributed by atoms with van der Waals surface area (Å²) >= 11 is 1.19. The third kappa shape index (κ3) is 3.52. The molecule has 3 heterocycles. The first-order valence-corrected chi connectivity index (χ1v) is 10.2. The number of nitrogens with one attached hydrogen (secondary N) is 2. The molecule has 3 amide bonds. The van der Waals surface area contributed by atoms with Gasteiger partial charge in [-0.05, 0) is 49.9 Å². The van der Waals surface area contributed by atoms with Crippen molar-refractivity contribution in [2.24, 2.45) is 5.92 Å². The maximum atomic E-state index is 12.7. The number of anilines is 2. The molecule has 0 saturated carbocycles. The van der Waals surface area contributed by atoms with Gasteiger partial charge >= 0.3 is 0 Å². The molecule has 1 atom stereocenters. The average molecular weight is 398 g/mol. The molecule has 7 nitrogen and oxygen atoms in total. The number of amides is 3. The molecule has 2 aromatic rings. The van der Waals surface area contributed by atoms with Crippen molar-refractivity contribution >= 4 is 39.9 Å². The summed E-state index contributed by atoms with van der Waals surface area (Å²) in [5.74, 6) is -0.865. The van der Waals surface area contributed by atoms with E-state index in [1.54, 1.807) is 4.90 Å². The summed E-state index contributed by atoms with van der Waals surface area (Å²) in [5.41, 5.74) is 3.83. The van der Waals surface area contributed by atoms with Crippen molar-refractivity contribution in [3.63, 3.8) is 0 Å². The molecule has 2 N–H and O–H groups in total. The van der Waals surface area contributed by atoms with Crippen LogP contribution in [-0.2, 0) is 16.0 Å². The van der Waals surface area contributed by atoms with Crippen LogP contribution in [0.3, 0.4) is 0 Å². The average Bonchev–Trinajstić information content (AvgIpc) is 3.20. The molecule has 0 aliphatic carbocycles. The highest BCUT2D eigenvalue weighted by Gasteiger charge is 2.35. The zero-order valence-corrected chi connectivity index (χ0v) is 16.7. The van der Waals surface area contributed by atoms with Crippen LogP contribution in [0.25, 0.3) is 0 Å². The van der Waals surface area contributed by atoms with Gasteiger partial charge in [0.2, 0.25) is 11.8 Å². The van der Waals surface area contributed by atoms with Gasteiger partial charge < -0.3 is 15.5 Å². The number of fused-ring (bicyclic) bond motifs is 1. The van der Waals surface area contributed by atoms with Crippen molar-refractivity contribution in [1.82, 2.24) is 10.3 Å². The van der Waals surface area contributed by atoms with Crippen LogP contribution in [0.2, 0.25) is 0 Å². The zero-order valence-electron chi connectivity index (χ0n) is 15.9. The minimum Gasteiger partial charge on any atom is -0.351 e. The standard InChI is InChI=1S/C20H22N4O3S/c1-11-5-6-14(8-12(11)2)24-10-13(9-16(24)25)18(26)23-20-22-15-4-3-7-21-19(27)17(15)28-20/h5-6,8,13H,3-4,7,9-10H2,1-2H3,(H,21,27)(H,22,23,26). The predicted octanol–water partition coefficient (Wildman–Crippen LogP) is 2.43. The number of hydrogen-bond donors (Lipinski definition) is 2. The van der Waals surface area contributed by atoms with Gasteiger partial charge in [-0.25, -0.2) is 4.98 Å². The van der Waals surface area contributed by atoms with Crippen LogP contribution in [0.15, 0.2) is 18.2 Å². The van der Waals surface area contributed by atoms with E-state index in [-0.39, 0.29) is 24.1 Å². The monoisotopic (exact) mass is 398 g/mol. The Morgan fingerprint density at radius 1 is 1.29 bits per heavy atom. The number of carbonyl (C=O) groups is 3. The quantitative estimate of drug-likeness (QED) is 0.831. The molecule has 1 aromatic carbocycles. The second-order valence-corrected chi connectivity index (χ2v) is 8.32. The van der Waals surface area contributed by atoms with Gasteiger partial charge in [-0.3, -0.25) is 14.4 Å². The van der Waals surface area contributed by atoms with Gasteiger partial charge in [-0.2, -0.15) is 0 Å². The Morgan fingerprint density at radius 3 is 2.89 bits per heavy atom. The molecule has 1 fully saturated rings. The molecule has 0 spiro atoms. The van der Waals surface area contributed by atoms with Crippen LogP contribution in [-0.4, -0.2) is 35.8 Å². The number of aryl methyl sites for hydroxylation is 3. The smallest absolute Gasteiger partial charge is 0.263 e. The van der Waals surface area contributed by atoms with Gasteiger partial charge in [-0.15, -0.1) is 0 Å². The van der Waals surface area contributed by atoms with Crippen LogP contribution in [0, 0.1) is 19.8 Å². The van der Waals surface area contributed by atoms with Gasteiger partial charge in [0, 0.05) is 25.2 Å². The number of aromatic nitrogens is 1. The van der Waals surface area contributed by atoms with Gasteiger partial charge in [0.05, 0.1) is 11.6 Å². The molecule has 146 valence electrons. The maximum absolute atomic E-state index is 12.7. The normalized spacial score (nSPS) is 19.2. The largest absolute Gasteiger partial charge is 0.351 e. The zero-order chi connectivity index (χ0) is 19.8. The first kappa shape index (κ1) is 18.6. The lowest BCUT2D eigenvalue weighted by atomic mass is 10.1. The number of hydrogen-bond acceptors (Lipinski definition) is 5. The van der Waals surface area contributed by atoms with E-state index in [1.807, 2.05) is 32.0 Å². The molecule has 0 radical (unpaired) electrons. The molecule has 2 aliphatic heterocycles. The van der Waals surface area contributed by atoms with Gasteiger partial charge in [0.15, 0.2) is 5.13 Å². The molecule has 28 heavy (non-hydrogen) atoms. The van der Waals surface area contributed by atoms with Crippen LogP contribution in [0.4, 0.5) is 10.8 Å². The van der Waals surface area contributed by atoms with E-state index in [4.69, 9.17) is 0 Å². The Labute approximate surface area is 167 Å². The van der Waals surface area contributed by atoms with Crippen LogP contribution >= 0.6 is 11.3 Å². The summed E-state index contributed by atoms with van der Waals surface area (Å²) in [6, 6.07) is 5.88. The highest BCUT2D eigenvalue weighted by atomic mass is 32.1. The van der Waals surface area contributed by atoms with E-state index in [0.717, 1.165) is 28.9 Å². The first-order valence-electron chi connectivity index (χ1n) is 9.39. The molecule has 1 aromatic heterocycles. The molecular formula is C20H22N4O3S. The third-order valence-electron chi connectivity index (χ3n) is 5.31. The van der Waals surface area contributed by atoms with Crippen molar-refractivity contribution < 1.29 is 14.4 Å². The summed E-state index contributed by atoms with van der Waals surface area (Å²) in [6.45, 7) is 5.02. The SMILES string of the molecule is Cc1ccc(N2CC(C(=O)Nc3nc4c(s3)C(=O)NCCC4)CC2=O)cc1C. The minimum atomic E-state index is -0.438. The molecule has 2 aliphatic rings.